The molecule has 27 heavy (non-hydrogen) atoms. The second-order valence-corrected chi connectivity index (χ2v) is 6.72. The van der Waals surface area contributed by atoms with Crippen LogP contribution < -0.4 is 15.5 Å². The van der Waals surface area contributed by atoms with Crippen LogP contribution >= 0.6 is 0 Å². The summed E-state index contributed by atoms with van der Waals surface area (Å²) in [7, 11) is 3.66. The number of hydrogen-bond acceptors (Lipinski definition) is 5. The summed E-state index contributed by atoms with van der Waals surface area (Å²) in [6.45, 7) is 5.75. The van der Waals surface area contributed by atoms with Crippen molar-refractivity contribution >= 4 is 11.6 Å². The van der Waals surface area contributed by atoms with E-state index in [9.17, 15) is 0 Å². The molecule has 1 aliphatic heterocycles. The van der Waals surface area contributed by atoms with Crippen LogP contribution in [0.2, 0.25) is 0 Å². The first-order valence-electron chi connectivity index (χ1n) is 9.36. The minimum atomic E-state index is 0.347. The Bertz CT molecular complexity index is 744. The highest BCUT2D eigenvalue weighted by molar-refractivity contribution is 5.80. The van der Waals surface area contributed by atoms with Crippen LogP contribution in [0.3, 0.4) is 0 Å². The standard InChI is InChI=1S/C19H29N7O/c1-15-23-24-18(25(15)2)13-21-19(20-10-12-27-3)22-16-9-11-26(14-16)17-7-5-4-6-8-17/h4-8,16H,9-14H2,1-3H3,(H2,20,21,22). The van der Waals surface area contributed by atoms with Crippen molar-refractivity contribution in [3.8, 4) is 0 Å². The van der Waals surface area contributed by atoms with E-state index in [-0.39, 0.29) is 0 Å². The molecule has 0 bridgehead atoms. The van der Waals surface area contributed by atoms with Crippen LogP contribution in [0.15, 0.2) is 35.3 Å². The highest BCUT2D eigenvalue weighted by Crippen LogP contribution is 2.19. The van der Waals surface area contributed by atoms with Crippen molar-refractivity contribution in [3.63, 3.8) is 0 Å². The molecule has 146 valence electrons. The van der Waals surface area contributed by atoms with Gasteiger partial charge in [-0.3, -0.25) is 0 Å². The predicted molar refractivity (Wildman–Crippen MR) is 107 cm³/mol. The van der Waals surface area contributed by atoms with Crippen LogP contribution in [-0.2, 0) is 18.3 Å². The molecule has 8 nitrogen and oxygen atoms in total. The van der Waals surface area contributed by atoms with E-state index >= 15 is 0 Å². The van der Waals surface area contributed by atoms with Crippen LogP contribution in [0.4, 0.5) is 5.69 Å². The zero-order chi connectivity index (χ0) is 19.1. The van der Waals surface area contributed by atoms with Gasteiger partial charge in [-0.25, -0.2) is 4.99 Å². The van der Waals surface area contributed by atoms with E-state index in [1.807, 2.05) is 24.6 Å². The van der Waals surface area contributed by atoms with E-state index < -0.39 is 0 Å². The van der Waals surface area contributed by atoms with Gasteiger partial charge in [-0.2, -0.15) is 0 Å². The number of aliphatic imine (C=N–C) groups is 1. The van der Waals surface area contributed by atoms with Gasteiger partial charge >= 0.3 is 0 Å². The molecule has 0 aliphatic carbocycles. The Morgan fingerprint density at radius 3 is 2.81 bits per heavy atom. The highest BCUT2D eigenvalue weighted by atomic mass is 16.5. The second kappa shape index (κ2) is 9.36. The Morgan fingerprint density at radius 1 is 1.30 bits per heavy atom. The lowest BCUT2D eigenvalue weighted by Gasteiger charge is -2.20. The summed E-state index contributed by atoms with van der Waals surface area (Å²) in [5.74, 6) is 2.52. The van der Waals surface area contributed by atoms with E-state index in [0.717, 1.165) is 37.1 Å². The Labute approximate surface area is 160 Å². The van der Waals surface area contributed by atoms with Crippen molar-refractivity contribution in [2.75, 3.05) is 38.3 Å². The smallest absolute Gasteiger partial charge is 0.192 e. The van der Waals surface area contributed by atoms with Crippen LogP contribution in [0, 0.1) is 6.92 Å². The average molecular weight is 371 g/mol. The van der Waals surface area contributed by atoms with Gasteiger partial charge < -0.3 is 24.8 Å². The summed E-state index contributed by atoms with van der Waals surface area (Å²) < 4.78 is 7.10. The number of benzene rings is 1. The van der Waals surface area contributed by atoms with Gasteiger partial charge in [-0.15, -0.1) is 10.2 Å². The number of nitrogens with zero attached hydrogens (tertiary/aromatic N) is 5. The molecular weight excluding hydrogens is 342 g/mol. The summed E-state index contributed by atoms with van der Waals surface area (Å²) in [4.78, 5) is 7.10. The third-order valence-corrected chi connectivity index (χ3v) is 4.81. The Kier molecular flexibility index (Phi) is 6.64. The van der Waals surface area contributed by atoms with Crippen LogP contribution in [0.5, 0.6) is 0 Å². The van der Waals surface area contributed by atoms with Crippen molar-refractivity contribution in [2.24, 2.45) is 12.0 Å². The fraction of sp³-hybridized carbons (Fsp3) is 0.526. The third kappa shape index (κ3) is 5.19. The number of guanidine groups is 1. The number of hydrogen-bond donors (Lipinski definition) is 2. The van der Waals surface area contributed by atoms with Crippen molar-refractivity contribution in [3.05, 3.63) is 42.0 Å². The topological polar surface area (TPSA) is 79.6 Å². The number of aromatic nitrogens is 3. The van der Waals surface area contributed by atoms with Gasteiger partial charge in [0.1, 0.15) is 12.4 Å². The van der Waals surface area contributed by atoms with Crippen molar-refractivity contribution in [1.82, 2.24) is 25.4 Å². The second-order valence-electron chi connectivity index (χ2n) is 6.72. The molecule has 2 aromatic rings. The number of para-hydroxylation sites is 1. The van der Waals surface area contributed by atoms with Crippen molar-refractivity contribution < 1.29 is 4.74 Å². The lowest BCUT2D eigenvalue weighted by molar-refractivity contribution is 0.203. The molecular formula is C19H29N7O. The minimum absolute atomic E-state index is 0.347. The molecule has 0 saturated carbocycles. The summed E-state index contributed by atoms with van der Waals surface area (Å²) in [6.07, 6.45) is 1.07. The molecule has 3 rings (SSSR count). The number of aryl methyl sites for hydroxylation is 1. The molecule has 2 N–H and O–H groups in total. The monoisotopic (exact) mass is 371 g/mol. The molecule has 0 amide bonds. The van der Waals surface area contributed by atoms with Gasteiger partial charge in [0.2, 0.25) is 0 Å². The maximum atomic E-state index is 5.14. The van der Waals surface area contributed by atoms with Crippen LogP contribution in [0.1, 0.15) is 18.1 Å². The van der Waals surface area contributed by atoms with Crippen molar-refractivity contribution in [1.29, 1.82) is 0 Å². The number of ether oxygens (including phenoxy) is 1. The zero-order valence-corrected chi connectivity index (χ0v) is 16.4. The van der Waals surface area contributed by atoms with Gasteiger partial charge in [0.25, 0.3) is 0 Å². The predicted octanol–water partition coefficient (Wildman–Crippen LogP) is 1.08. The summed E-state index contributed by atoms with van der Waals surface area (Å²) >= 11 is 0. The maximum absolute atomic E-state index is 5.14. The van der Waals surface area contributed by atoms with Gasteiger partial charge in [-0.05, 0) is 25.5 Å². The quantitative estimate of drug-likeness (QED) is 0.431. The number of anilines is 1. The molecule has 8 heteroatoms. The molecule has 2 heterocycles. The molecule has 1 unspecified atom stereocenters. The first kappa shape index (κ1) is 19.2. The summed E-state index contributed by atoms with van der Waals surface area (Å²) in [5, 5.41) is 15.2. The van der Waals surface area contributed by atoms with Crippen LogP contribution in [-0.4, -0.2) is 60.1 Å². The van der Waals surface area contributed by atoms with E-state index in [0.29, 0.717) is 25.7 Å². The SMILES string of the molecule is COCCNC(=NCc1nnc(C)n1C)NC1CCN(c2ccccc2)C1. The Balaban J connectivity index is 1.61. The first-order valence-corrected chi connectivity index (χ1v) is 9.36. The minimum Gasteiger partial charge on any atom is -0.383 e. The molecule has 1 aliphatic rings. The number of methoxy groups -OCH3 is 1. The molecule has 1 atom stereocenters. The van der Waals surface area contributed by atoms with E-state index in [2.05, 4.69) is 50.0 Å². The fourth-order valence-electron chi connectivity index (χ4n) is 3.11. The summed E-state index contributed by atoms with van der Waals surface area (Å²) in [5.41, 5.74) is 1.27. The molecule has 1 aromatic heterocycles. The van der Waals surface area contributed by atoms with E-state index in [4.69, 9.17) is 9.73 Å². The van der Waals surface area contributed by atoms with Gasteiger partial charge in [0.05, 0.1) is 6.61 Å². The van der Waals surface area contributed by atoms with Gasteiger partial charge in [-0.1, -0.05) is 18.2 Å². The van der Waals surface area contributed by atoms with Crippen LogP contribution in [0.25, 0.3) is 0 Å². The molecule has 1 saturated heterocycles. The average Bonchev–Trinajstić information content (AvgIpc) is 3.28. The third-order valence-electron chi connectivity index (χ3n) is 4.81. The lowest BCUT2D eigenvalue weighted by atomic mass is 10.3. The largest absolute Gasteiger partial charge is 0.383 e. The Morgan fingerprint density at radius 2 is 2.11 bits per heavy atom. The van der Waals surface area contributed by atoms with Gasteiger partial charge in [0, 0.05) is 45.5 Å². The lowest BCUT2D eigenvalue weighted by Crippen LogP contribution is -2.45. The maximum Gasteiger partial charge on any atom is 0.192 e. The Hall–Kier alpha value is -2.61. The number of nitrogens with one attached hydrogen (secondary N) is 2. The first-order chi connectivity index (χ1) is 13.2. The summed E-state index contributed by atoms with van der Waals surface area (Å²) in [6, 6.07) is 10.9. The zero-order valence-electron chi connectivity index (χ0n) is 16.4. The fourth-order valence-corrected chi connectivity index (χ4v) is 3.11. The van der Waals surface area contributed by atoms with Gasteiger partial charge in [0.15, 0.2) is 11.8 Å². The van der Waals surface area contributed by atoms with Crippen molar-refractivity contribution in [2.45, 2.75) is 25.9 Å². The normalized spacial score (nSPS) is 17.4. The van der Waals surface area contributed by atoms with E-state index in [1.54, 1.807) is 7.11 Å². The number of rotatable bonds is 7. The van der Waals surface area contributed by atoms with E-state index in [1.165, 1.54) is 5.69 Å². The molecule has 0 spiro atoms. The highest BCUT2D eigenvalue weighted by Gasteiger charge is 2.23. The molecule has 1 aromatic carbocycles. The molecule has 0 radical (unpaired) electrons. The molecule has 1 fully saturated rings.